The van der Waals surface area contributed by atoms with Crippen LogP contribution in [0.5, 0.6) is 0 Å². The lowest BCUT2D eigenvalue weighted by molar-refractivity contribution is 0.589. The molecule has 1 heterocycles. The Morgan fingerprint density at radius 2 is 2.18 bits per heavy atom. The molecule has 0 aliphatic heterocycles. The number of benzene rings is 1. The Kier molecular flexibility index (Phi) is 4.54. The molecule has 0 amide bonds. The maximum absolute atomic E-state index is 13.4. The molecule has 0 saturated carbocycles. The van der Waals surface area contributed by atoms with E-state index in [4.69, 9.17) is 11.6 Å². The van der Waals surface area contributed by atoms with E-state index in [2.05, 4.69) is 16.8 Å². The minimum absolute atomic E-state index is 0.210. The summed E-state index contributed by atoms with van der Waals surface area (Å²) in [5, 5.41) is 5.85. The third kappa shape index (κ3) is 3.80. The second-order valence-electron chi connectivity index (χ2n) is 3.74. The van der Waals surface area contributed by atoms with Crippen molar-refractivity contribution in [2.45, 2.75) is 13.0 Å². The molecular formula is C13H13ClFNS. The quantitative estimate of drug-likeness (QED) is 0.813. The molecule has 0 fully saturated rings. The van der Waals surface area contributed by atoms with Crippen molar-refractivity contribution in [3.8, 4) is 0 Å². The molecule has 0 bridgehead atoms. The SMILES string of the molecule is Fc1ccc(Cl)cc1CNCCc1cccs1. The van der Waals surface area contributed by atoms with Crippen LogP contribution in [0.4, 0.5) is 4.39 Å². The Labute approximate surface area is 109 Å². The van der Waals surface area contributed by atoms with E-state index in [-0.39, 0.29) is 5.82 Å². The molecule has 0 radical (unpaired) electrons. The first-order valence-corrected chi connectivity index (χ1v) is 6.68. The van der Waals surface area contributed by atoms with Gasteiger partial charge in [0.1, 0.15) is 5.82 Å². The smallest absolute Gasteiger partial charge is 0.127 e. The molecule has 1 nitrogen and oxygen atoms in total. The normalized spacial score (nSPS) is 10.7. The first-order valence-electron chi connectivity index (χ1n) is 5.43. The molecule has 2 aromatic rings. The lowest BCUT2D eigenvalue weighted by Crippen LogP contribution is -2.17. The second-order valence-corrected chi connectivity index (χ2v) is 5.21. The molecule has 0 spiro atoms. The monoisotopic (exact) mass is 269 g/mol. The van der Waals surface area contributed by atoms with Crippen molar-refractivity contribution in [3.05, 3.63) is 57.0 Å². The predicted octanol–water partition coefficient (Wildman–Crippen LogP) is 3.87. The van der Waals surface area contributed by atoms with E-state index in [0.29, 0.717) is 17.1 Å². The van der Waals surface area contributed by atoms with E-state index in [9.17, 15) is 4.39 Å². The number of rotatable bonds is 5. The highest BCUT2D eigenvalue weighted by Gasteiger charge is 2.02. The van der Waals surface area contributed by atoms with Crippen molar-refractivity contribution in [2.24, 2.45) is 0 Å². The summed E-state index contributed by atoms with van der Waals surface area (Å²) in [4.78, 5) is 1.34. The van der Waals surface area contributed by atoms with Crippen LogP contribution in [0.1, 0.15) is 10.4 Å². The van der Waals surface area contributed by atoms with Gasteiger partial charge in [0.05, 0.1) is 0 Å². The predicted molar refractivity (Wildman–Crippen MR) is 71.1 cm³/mol. The van der Waals surface area contributed by atoms with Crippen molar-refractivity contribution >= 4 is 22.9 Å². The topological polar surface area (TPSA) is 12.0 Å². The summed E-state index contributed by atoms with van der Waals surface area (Å²) in [7, 11) is 0. The maximum Gasteiger partial charge on any atom is 0.127 e. The van der Waals surface area contributed by atoms with Gasteiger partial charge in [-0.15, -0.1) is 11.3 Å². The first-order chi connectivity index (χ1) is 8.25. The minimum Gasteiger partial charge on any atom is -0.312 e. The van der Waals surface area contributed by atoms with Crippen LogP contribution < -0.4 is 5.32 Å². The van der Waals surface area contributed by atoms with Crippen molar-refractivity contribution < 1.29 is 4.39 Å². The number of thiophene rings is 1. The molecule has 0 atom stereocenters. The standard InChI is InChI=1S/C13H13ClFNS/c14-11-3-4-13(15)10(8-11)9-16-6-5-12-2-1-7-17-12/h1-4,7-8,16H,5-6,9H2. The van der Waals surface area contributed by atoms with Gasteiger partial charge in [-0.1, -0.05) is 17.7 Å². The van der Waals surface area contributed by atoms with Gasteiger partial charge in [0.15, 0.2) is 0 Å². The molecule has 0 unspecified atom stereocenters. The molecule has 1 N–H and O–H groups in total. The van der Waals surface area contributed by atoms with Crippen LogP contribution in [0, 0.1) is 5.82 Å². The van der Waals surface area contributed by atoms with Gasteiger partial charge >= 0.3 is 0 Å². The van der Waals surface area contributed by atoms with E-state index in [0.717, 1.165) is 13.0 Å². The highest BCUT2D eigenvalue weighted by atomic mass is 35.5. The zero-order valence-electron chi connectivity index (χ0n) is 9.25. The fourth-order valence-electron chi connectivity index (χ4n) is 1.57. The third-order valence-electron chi connectivity index (χ3n) is 2.45. The molecular weight excluding hydrogens is 257 g/mol. The summed E-state index contributed by atoms with van der Waals surface area (Å²) in [6.45, 7) is 1.35. The average molecular weight is 270 g/mol. The largest absolute Gasteiger partial charge is 0.312 e. The maximum atomic E-state index is 13.4. The highest BCUT2D eigenvalue weighted by molar-refractivity contribution is 7.09. The Morgan fingerprint density at radius 3 is 2.94 bits per heavy atom. The van der Waals surface area contributed by atoms with E-state index in [1.807, 2.05) is 6.07 Å². The molecule has 0 aliphatic rings. The number of nitrogens with one attached hydrogen (secondary N) is 1. The molecule has 2 rings (SSSR count). The lowest BCUT2D eigenvalue weighted by atomic mass is 10.2. The molecule has 4 heteroatoms. The summed E-state index contributed by atoms with van der Waals surface area (Å²) in [6.07, 6.45) is 0.972. The minimum atomic E-state index is -0.210. The lowest BCUT2D eigenvalue weighted by Gasteiger charge is -2.05. The van der Waals surface area contributed by atoms with Gasteiger partial charge < -0.3 is 5.32 Å². The summed E-state index contributed by atoms with van der Waals surface area (Å²) in [5.74, 6) is -0.210. The zero-order valence-corrected chi connectivity index (χ0v) is 10.8. The van der Waals surface area contributed by atoms with Crippen molar-refractivity contribution in [3.63, 3.8) is 0 Å². The van der Waals surface area contributed by atoms with Gasteiger partial charge in [0, 0.05) is 28.6 Å². The summed E-state index contributed by atoms with van der Waals surface area (Å²) < 4.78 is 13.4. The Hall–Kier alpha value is -0.900. The highest BCUT2D eigenvalue weighted by Crippen LogP contribution is 2.14. The van der Waals surface area contributed by atoms with Gasteiger partial charge in [-0.05, 0) is 36.1 Å². The zero-order chi connectivity index (χ0) is 12.1. The molecule has 0 aliphatic carbocycles. The molecule has 1 aromatic carbocycles. The van der Waals surface area contributed by atoms with Crippen molar-refractivity contribution in [1.29, 1.82) is 0 Å². The molecule has 1 aromatic heterocycles. The van der Waals surface area contributed by atoms with Crippen LogP contribution in [0.15, 0.2) is 35.7 Å². The van der Waals surface area contributed by atoms with Crippen LogP contribution in [0.25, 0.3) is 0 Å². The second kappa shape index (κ2) is 6.15. The van der Waals surface area contributed by atoms with Crippen molar-refractivity contribution in [2.75, 3.05) is 6.54 Å². The number of hydrogen-bond donors (Lipinski definition) is 1. The van der Waals surface area contributed by atoms with Crippen LogP contribution in [0.2, 0.25) is 5.02 Å². The molecule has 90 valence electrons. The first kappa shape index (κ1) is 12.6. The Morgan fingerprint density at radius 1 is 1.29 bits per heavy atom. The van der Waals surface area contributed by atoms with Crippen molar-refractivity contribution in [1.82, 2.24) is 5.32 Å². The van der Waals surface area contributed by atoms with Gasteiger partial charge in [-0.2, -0.15) is 0 Å². The average Bonchev–Trinajstić information content (AvgIpc) is 2.82. The van der Waals surface area contributed by atoms with Gasteiger partial charge in [-0.3, -0.25) is 0 Å². The van der Waals surface area contributed by atoms with Crippen LogP contribution >= 0.6 is 22.9 Å². The van der Waals surface area contributed by atoms with E-state index in [1.165, 1.54) is 10.9 Å². The third-order valence-corrected chi connectivity index (χ3v) is 3.62. The number of halogens is 2. The fourth-order valence-corrected chi connectivity index (χ4v) is 2.47. The number of hydrogen-bond acceptors (Lipinski definition) is 2. The van der Waals surface area contributed by atoms with Gasteiger partial charge in [0.2, 0.25) is 0 Å². The van der Waals surface area contributed by atoms with Crippen LogP contribution in [-0.2, 0) is 13.0 Å². The Balaban J connectivity index is 1.80. The summed E-state index contributed by atoms with van der Waals surface area (Å²) in [6, 6.07) is 8.77. The molecule has 17 heavy (non-hydrogen) atoms. The van der Waals surface area contributed by atoms with Gasteiger partial charge in [-0.25, -0.2) is 4.39 Å². The van der Waals surface area contributed by atoms with Crippen LogP contribution in [-0.4, -0.2) is 6.54 Å². The van der Waals surface area contributed by atoms with E-state index >= 15 is 0 Å². The van der Waals surface area contributed by atoms with E-state index in [1.54, 1.807) is 23.5 Å². The van der Waals surface area contributed by atoms with Gasteiger partial charge in [0.25, 0.3) is 0 Å². The van der Waals surface area contributed by atoms with E-state index < -0.39 is 0 Å². The van der Waals surface area contributed by atoms with Crippen LogP contribution in [0.3, 0.4) is 0 Å². The summed E-state index contributed by atoms with van der Waals surface area (Å²) in [5.41, 5.74) is 0.615. The molecule has 0 saturated heterocycles. The fraction of sp³-hybridized carbons (Fsp3) is 0.231. The Bertz CT molecular complexity index is 470. The summed E-state index contributed by atoms with van der Waals surface area (Å²) >= 11 is 7.56.